The van der Waals surface area contributed by atoms with Crippen LogP contribution in [-0.4, -0.2) is 19.6 Å². The maximum Gasteiger partial charge on any atom is 0.222 e. The van der Waals surface area contributed by atoms with Gasteiger partial charge in [0, 0.05) is 12.6 Å². The molecule has 80 valence electrons. The van der Waals surface area contributed by atoms with Crippen LogP contribution in [-0.2, 0) is 7.05 Å². The SMILES string of the molecule is Cn1cnc2cc(-c3nc(O)cs3)ccc21. The molecule has 2 aromatic heterocycles. The first kappa shape index (κ1) is 9.35. The molecule has 0 amide bonds. The third kappa shape index (κ3) is 1.37. The molecule has 0 saturated carbocycles. The largest absolute Gasteiger partial charge is 0.493 e. The Bertz CT molecular complexity index is 656. The summed E-state index contributed by atoms with van der Waals surface area (Å²) < 4.78 is 1.97. The van der Waals surface area contributed by atoms with Crippen molar-refractivity contribution < 1.29 is 5.11 Å². The van der Waals surface area contributed by atoms with E-state index in [1.807, 2.05) is 29.8 Å². The Kier molecular flexibility index (Phi) is 1.94. The molecule has 5 heteroatoms. The van der Waals surface area contributed by atoms with E-state index in [0.29, 0.717) is 0 Å². The Balaban J connectivity index is 2.18. The lowest BCUT2D eigenvalue weighted by molar-refractivity contribution is 0.458. The Morgan fingerprint density at radius 1 is 1.38 bits per heavy atom. The van der Waals surface area contributed by atoms with Gasteiger partial charge in [0.2, 0.25) is 5.88 Å². The number of aromatic nitrogens is 3. The fourth-order valence-electron chi connectivity index (χ4n) is 1.67. The zero-order valence-electron chi connectivity index (χ0n) is 8.58. The third-order valence-electron chi connectivity index (χ3n) is 2.46. The van der Waals surface area contributed by atoms with Crippen molar-refractivity contribution >= 4 is 22.4 Å². The van der Waals surface area contributed by atoms with Gasteiger partial charge in [-0.1, -0.05) is 0 Å². The van der Waals surface area contributed by atoms with Crippen molar-refractivity contribution in [3.05, 3.63) is 29.9 Å². The van der Waals surface area contributed by atoms with Gasteiger partial charge in [0.15, 0.2) is 0 Å². The summed E-state index contributed by atoms with van der Waals surface area (Å²) in [6.07, 6.45) is 1.79. The molecule has 0 aliphatic rings. The van der Waals surface area contributed by atoms with E-state index in [4.69, 9.17) is 0 Å². The molecule has 0 radical (unpaired) electrons. The molecule has 16 heavy (non-hydrogen) atoms. The first-order valence-electron chi connectivity index (χ1n) is 4.80. The van der Waals surface area contributed by atoms with Crippen LogP contribution in [0.15, 0.2) is 29.9 Å². The molecule has 2 heterocycles. The molecule has 0 fully saturated rings. The molecule has 0 aliphatic heterocycles. The second kappa shape index (κ2) is 3.31. The number of rotatable bonds is 1. The summed E-state index contributed by atoms with van der Waals surface area (Å²) in [5, 5.41) is 11.6. The second-order valence-corrected chi connectivity index (χ2v) is 4.43. The normalized spacial score (nSPS) is 11.1. The van der Waals surface area contributed by atoms with Gasteiger partial charge in [-0.25, -0.2) is 9.97 Å². The predicted octanol–water partition coefficient (Wildman–Crippen LogP) is 2.40. The van der Waals surface area contributed by atoms with E-state index < -0.39 is 0 Å². The van der Waals surface area contributed by atoms with E-state index in [1.54, 1.807) is 11.7 Å². The second-order valence-electron chi connectivity index (χ2n) is 3.57. The highest BCUT2D eigenvalue weighted by atomic mass is 32.1. The van der Waals surface area contributed by atoms with Crippen molar-refractivity contribution in [2.75, 3.05) is 0 Å². The molecule has 0 saturated heterocycles. The molecular formula is C11H9N3OS. The van der Waals surface area contributed by atoms with Gasteiger partial charge in [0.05, 0.1) is 22.7 Å². The topological polar surface area (TPSA) is 50.9 Å². The van der Waals surface area contributed by atoms with Gasteiger partial charge in [-0.15, -0.1) is 11.3 Å². The van der Waals surface area contributed by atoms with Crippen LogP contribution >= 0.6 is 11.3 Å². The number of thiazole rings is 1. The fraction of sp³-hybridized carbons (Fsp3) is 0.0909. The molecule has 0 spiro atoms. The number of hydrogen-bond acceptors (Lipinski definition) is 4. The summed E-state index contributed by atoms with van der Waals surface area (Å²) in [4.78, 5) is 8.32. The number of nitrogens with zero attached hydrogens (tertiary/aromatic N) is 3. The standard InChI is InChI=1S/C11H9N3OS/c1-14-6-12-8-4-7(2-3-9(8)14)11-13-10(15)5-16-11/h2-6,15H,1H3. The van der Waals surface area contributed by atoms with E-state index in [9.17, 15) is 5.11 Å². The Morgan fingerprint density at radius 3 is 3.00 bits per heavy atom. The number of aryl methyl sites for hydroxylation is 1. The summed E-state index contributed by atoms with van der Waals surface area (Å²) in [6.45, 7) is 0. The number of benzene rings is 1. The highest BCUT2D eigenvalue weighted by Gasteiger charge is 2.06. The molecule has 3 rings (SSSR count). The first-order valence-corrected chi connectivity index (χ1v) is 5.68. The van der Waals surface area contributed by atoms with Crippen molar-refractivity contribution in [3.8, 4) is 16.5 Å². The van der Waals surface area contributed by atoms with E-state index in [-0.39, 0.29) is 5.88 Å². The average molecular weight is 231 g/mol. The highest BCUT2D eigenvalue weighted by molar-refractivity contribution is 7.13. The third-order valence-corrected chi connectivity index (χ3v) is 3.34. The Morgan fingerprint density at radius 2 is 2.25 bits per heavy atom. The van der Waals surface area contributed by atoms with Gasteiger partial charge in [-0.2, -0.15) is 0 Å². The van der Waals surface area contributed by atoms with Crippen LogP contribution in [0.4, 0.5) is 0 Å². The summed E-state index contributed by atoms with van der Waals surface area (Å²) >= 11 is 1.42. The van der Waals surface area contributed by atoms with Crippen LogP contribution in [0, 0.1) is 0 Å². The lowest BCUT2D eigenvalue weighted by atomic mass is 10.2. The van der Waals surface area contributed by atoms with Gasteiger partial charge in [0.25, 0.3) is 0 Å². The van der Waals surface area contributed by atoms with Crippen LogP contribution in [0.1, 0.15) is 0 Å². The maximum atomic E-state index is 9.21. The van der Waals surface area contributed by atoms with E-state index in [1.165, 1.54) is 11.3 Å². The quantitative estimate of drug-likeness (QED) is 0.699. The number of hydrogen-bond donors (Lipinski definition) is 1. The summed E-state index contributed by atoms with van der Waals surface area (Å²) in [5.41, 5.74) is 3.01. The van der Waals surface area contributed by atoms with Crippen LogP contribution in [0.5, 0.6) is 5.88 Å². The van der Waals surface area contributed by atoms with E-state index in [2.05, 4.69) is 9.97 Å². The lowest BCUT2D eigenvalue weighted by Gasteiger charge is -1.97. The minimum Gasteiger partial charge on any atom is -0.493 e. The van der Waals surface area contributed by atoms with E-state index in [0.717, 1.165) is 21.6 Å². The first-order chi connectivity index (χ1) is 7.74. The van der Waals surface area contributed by atoms with Crippen LogP contribution < -0.4 is 0 Å². The van der Waals surface area contributed by atoms with Gasteiger partial charge < -0.3 is 9.67 Å². The van der Waals surface area contributed by atoms with Gasteiger partial charge in [-0.05, 0) is 18.2 Å². The molecule has 3 aromatic rings. The molecule has 0 bridgehead atoms. The molecule has 0 atom stereocenters. The summed E-state index contributed by atoms with van der Waals surface area (Å²) in [7, 11) is 1.96. The molecule has 0 aliphatic carbocycles. The zero-order chi connectivity index (χ0) is 11.1. The van der Waals surface area contributed by atoms with Crippen LogP contribution in [0.3, 0.4) is 0 Å². The molecule has 0 unspecified atom stereocenters. The Labute approximate surface area is 95.8 Å². The van der Waals surface area contributed by atoms with Crippen molar-refractivity contribution in [1.29, 1.82) is 0 Å². The van der Waals surface area contributed by atoms with Crippen molar-refractivity contribution in [2.45, 2.75) is 0 Å². The van der Waals surface area contributed by atoms with Gasteiger partial charge >= 0.3 is 0 Å². The minimum absolute atomic E-state index is 0.0705. The highest BCUT2D eigenvalue weighted by Crippen LogP contribution is 2.28. The average Bonchev–Trinajstić information content (AvgIpc) is 2.86. The molecule has 1 N–H and O–H groups in total. The molecular weight excluding hydrogens is 222 g/mol. The summed E-state index contributed by atoms with van der Waals surface area (Å²) in [5.74, 6) is 0.0705. The summed E-state index contributed by atoms with van der Waals surface area (Å²) in [6, 6.07) is 5.98. The maximum absolute atomic E-state index is 9.21. The monoisotopic (exact) mass is 231 g/mol. The van der Waals surface area contributed by atoms with E-state index >= 15 is 0 Å². The van der Waals surface area contributed by atoms with Crippen molar-refractivity contribution in [3.63, 3.8) is 0 Å². The lowest BCUT2D eigenvalue weighted by Crippen LogP contribution is -1.83. The Hall–Kier alpha value is -1.88. The number of fused-ring (bicyclic) bond motifs is 1. The number of aromatic hydroxyl groups is 1. The van der Waals surface area contributed by atoms with Gasteiger partial charge in [-0.3, -0.25) is 0 Å². The predicted molar refractivity (Wildman–Crippen MR) is 63.5 cm³/mol. The van der Waals surface area contributed by atoms with Crippen LogP contribution in [0.25, 0.3) is 21.6 Å². The zero-order valence-corrected chi connectivity index (χ0v) is 9.40. The molecule has 4 nitrogen and oxygen atoms in total. The minimum atomic E-state index is 0.0705. The smallest absolute Gasteiger partial charge is 0.222 e. The fourth-order valence-corrected chi connectivity index (χ4v) is 2.35. The number of imidazole rings is 1. The van der Waals surface area contributed by atoms with Gasteiger partial charge in [0.1, 0.15) is 5.01 Å². The van der Waals surface area contributed by atoms with Crippen molar-refractivity contribution in [2.24, 2.45) is 7.05 Å². The van der Waals surface area contributed by atoms with Crippen LogP contribution in [0.2, 0.25) is 0 Å². The molecule has 1 aromatic carbocycles. The van der Waals surface area contributed by atoms with Crippen molar-refractivity contribution in [1.82, 2.24) is 14.5 Å².